The van der Waals surface area contributed by atoms with E-state index in [4.69, 9.17) is 9.15 Å². The van der Waals surface area contributed by atoms with E-state index in [1.807, 2.05) is 25.1 Å². The van der Waals surface area contributed by atoms with E-state index in [2.05, 4.69) is 46.9 Å². The van der Waals surface area contributed by atoms with Crippen molar-refractivity contribution in [1.29, 1.82) is 0 Å². The van der Waals surface area contributed by atoms with Crippen molar-refractivity contribution in [3.05, 3.63) is 100 Å². The highest BCUT2D eigenvalue weighted by molar-refractivity contribution is 5.90. The number of rotatable bonds is 10. The van der Waals surface area contributed by atoms with Crippen molar-refractivity contribution in [1.82, 2.24) is 14.0 Å². The van der Waals surface area contributed by atoms with Crippen LogP contribution in [0.2, 0.25) is 0 Å². The topological polar surface area (TPSA) is 89.8 Å². The fourth-order valence-electron chi connectivity index (χ4n) is 6.28. The number of piperidine rings is 1. The monoisotopic (exact) mass is 567 g/mol. The zero-order chi connectivity index (χ0) is 29.2. The number of aryl methyl sites for hydroxylation is 2. The van der Waals surface area contributed by atoms with Gasteiger partial charge in [-0.2, -0.15) is 0 Å². The molecule has 1 atom stereocenters. The summed E-state index contributed by atoms with van der Waals surface area (Å²) in [5, 5.41) is 10.7. The second-order valence-electron chi connectivity index (χ2n) is 11.4. The molecule has 6 rings (SSSR count). The Balaban J connectivity index is 1.11. The Labute approximate surface area is 244 Å². The molecule has 1 unspecified atom stereocenters. The van der Waals surface area contributed by atoms with Crippen LogP contribution in [-0.4, -0.2) is 51.4 Å². The minimum atomic E-state index is -0.973. The number of aromatic nitrogens is 2. The summed E-state index contributed by atoms with van der Waals surface area (Å²) >= 11 is 0. The average Bonchev–Trinajstić information content (AvgIpc) is 3.53. The van der Waals surface area contributed by atoms with E-state index in [1.165, 1.54) is 16.5 Å². The first-order valence-electron chi connectivity index (χ1n) is 14.8. The number of aromatic carboxylic acids is 1. The molecule has 3 aromatic carbocycles. The van der Waals surface area contributed by atoms with Crippen LogP contribution in [-0.2, 0) is 6.54 Å². The minimum absolute atomic E-state index is 0.196. The molecule has 0 saturated carbocycles. The van der Waals surface area contributed by atoms with E-state index in [1.54, 1.807) is 28.8 Å². The molecule has 3 heterocycles. The summed E-state index contributed by atoms with van der Waals surface area (Å²) in [6.45, 7) is 8.01. The van der Waals surface area contributed by atoms with Crippen molar-refractivity contribution in [2.24, 2.45) is 0 Å². The summed E-state index contributed by atoms with van der Waals surface area (Å²) in [6, 6.07) is 21.5. The van der Waals surface area contributed by atoms with Crippen LogP contribution in [0.3, 0.4) is 0 Å². The minimum Gasteiger partial charge on any atom is -0.491 e. The molecular weight excluding hydrogens is 530 g/mol. The number of fused-ring (bicyclic) bond motifs is 2. The first-order valence-corrected chi connectivity index (χ1v) is 14.8. The van der Waals surface area contributed by atoms with E-state index in [0.29, 0.717) is 30.4 Å². The lowest BCUT2D eigenvalue weighted by Gasteiger charge is -2.31. The van der Waals surface area contributed by atoms with Gasteiger partial charge in [0.1, 0.15) is 17.9 Å². The quantitative estimate of drug-likeness (QED) is 0.208. The van der Waals surface area contributed by atoms with E-state index in [9.17, 15) is 14.7 Å². The second-order valence-corrected chi connectivity index (χ2v) is 11.4. The van der Waals surface area contributed by atoms with E-state index >= 15 is 0 Å². The fourth-order valence-corrected chi connectivity index (χ4v) is 6.28. The molecule has 42 heavy (non-hydrogen) atoms. The molecule has 8 heteroatoms. The predicted molar refractivity (Wildman–Crippen MR) is 164 cm³/mol. The Kier molecular flexibility index (Phi) is 7.89. The third-order valence-electron chi connectivity index (χ3n) is 8.65. The van der Waals surface area contributed by atoms with Gasteiger partial charge in [-0.3, -0.25) is 9.47 Å². The lowest BCUT2D eigenvalue weighted by molar-refractivity contribution is 0.0691. The Morgan fingerprint density at radius 1 is 1.02 bits per heavy atom. The van der Waals surface area contributed by atoms with Crippen molar-refractivity contribution >= 4 is 28.0 Å². The molecule has 1 N–H and O–H groups in total. The summed E-state index contributed by atoms with van der Waals surface area (Å²) in [6.07, 6.45) is 5.26. The largest absolute Gasteiger partial charge is 0.491 e. The highest BCUT2D eigenvalue weighted by atomic mass is 16.5. The number of oxazole rings is 1. The highest BCUT2D eigenvalue weighted by Crippen LogP contribution is 2.36. The lowest BCUT2D eigenvalue weighted by Crippen LogP contribution is -2.35. The number of para-hydroxylation sites is 2. The van der Waals surface area contributed by atoms with Crippen molar-refractivity contribution in [2.75, 3.05) is 26.2 Å². The standard InChI is InChI=1S/C34H37N3O5/c1-23-11-12-32-30(21-23)36(34(40)42-32)18-13-24(2)37-22-28(26-7-3-5-9-29(26)37)25-14-16-35(17-15-25)19-20-41-31-10-6-4-8-27(31)33(38)39/h3-12,21-22,24-25H,13-20H2,1-2H3,(H,38,39). The van der Waals surface area contributed by atoms with Crippen LogP contribution in [0.25, 0.3) is 22.0 Å². The van der Waals surface area contributed by atoms with Crippen LogP contribution in [0.1, 0.15) is 59.6 Å². The van der Waals surface area contributed by atoms with Gasteiger partial charge in [-0.25, -0.2) is 9.59 Å². The SMILES string of the molecule is Cc1ccc2oc(=O)n(CCC(C)n3cc(C4CCN(CCOc5ccccc5C(=O)O)CC4)c4ccccc43)c2c1. The van der Waals surface area contributed by atoms with Gasteiger partial charge < -0.3 is 18.8 Å². The molecule has 8 nitrogen and oxygen atoms in total. The van der Waals surface area contributed by atoms with Gasteiger partial charge in [0.2, 0.25) is 0 Å². The number of carboxylic acids is 1. The van der Waals surface area contributed by atoms with Gasteiger partial charge in [0.25, 0.3) is 0 Å². The Morgan fingerprint density at radius 2 is 1.79 bits per heavy atom. The summed E-state index contributed by atoms with van der Waals surface area (Å²) in [4.78, 5) is 26.4. The summed E-state index contributed by atoms with van der Waals surface area (Å²) in [5.41, 5.74) is 5.41. The van der Waals surface area contributed by atoms with Crippen LogP contribution in [0.15, 0.2) is 82.1 Å². The van der Waals surface area contributed by atoms with Crippen molar-refractivity contribution in [2.45, 2.75) is 51.6 Å². The van der Waals surface area contributed by atoms with Gasteiger partial charge in [0.05, 0.1) is 5.52 Å². The van der Waals surface area contributed by atoms with Crippen LogP contribution in [0, 0.1) is 6.92 Å². The summed E-state index contributed by atoms with van der Waals surface area (Å²) in [7, 11) is 0. The summed E-state index contributed by atoms with van der Waals surface area (Å²) < 4.78 is 15.4. The number of hydrogen-bond acceptors (Lipinski definition) is 5. The summed E-state index contributed by atoms with van der Waals surface area (Å²) in [5.74, 6) is -0.387. The van der Waals surface area contributed by atoms with Crippen LogP contribution in [0.4, 0.5) is 0 Å². The number of nitrogens with zero attached hydrogens (tertiary/aromatic N) is 3. The fraction of sp³-hybridized carbons (Fsp3) is 0.353. The number of benzene rings is 3. The number of carbonyl (C=O) groups is 1. The van der Waals surface area contributed by atoms with Gasteiger partial charge in [-0.05, 0) is 93.6 Å². The highest BCUT2D eigenvalue weighted by Gasteiger charge is 2.25. The van der Waals surface area contributed by atoms with Gasteiger partial charge in [-0.1, -0.05) is 36.4 Å². The smallest absolute Gasteiger partial charge is 0.419 e. The zero-order valence-electron chi connectivity index (χ0n) is 24.2. The molecule has 0 spiro atoms. The first-order chi connectivity index (χ1) is 20.4. The maximum absolute atomic E-state index is 12.6. The normalized spacial score (nSPS) is 15.4. The van der Waals surface area contributed by atoms with Crippen LogP contribution in [0.5, 0.6) is 5.75 Å². The molecule has 1 saturated heterocycles. The van der Waals surface area contributed by atoms with Crippen LogP contribution < -0.4 is 10.5 Å². The van der Waals surface area contributed by atoms with Gasteiger partial charge in [0, 0.05) is 36.2 Å². The third-order valence-corrected chi connectivity index (χ3v) is 8.65. The molecule has 0 aliphatic carbocycles. The average molecular weight is 568 g/mol. The van der Waals surface area contributed by atoms with E-state index in [-0.39, 0.29) is 17.4 Å². The van der Waals surface area contributed by atoms with Crippen molar-refractivity contribution in [3.8, 4) is 5.75 Å². The number of carboxylic acid groups (broad SMARTS) is 1. The van der Waals surface area contributed by atoms with E-state index in [0.717, 1.165) is 50.0 Å². The Morgan fingerprint density at radius 3 is 2.60 bits per heavy atom. The Bertz CT molecular complexity index is 1770. The first kappa shape index (κ1) is 27.8. The molecule has 218 valence electrons. The molecule has 5 aromatic rings. The number of ether oxygens (including phenoxy) is 1. The lowest BCUT2D eigenvalue weighted by atomic mass is 9.89. The van der Waals surface area contributed by atoms with Crippen molar-refractivity contribution < 1.29 is 19.1 Å². The van der Waals surface area contributed by atoms with E-state index < -0.39 is 5.97 Å². The molecule has 0 amide bonds. The molecule has 1 aliphatic heterocycles. The van der Waals surface area contributed by atoms with Crippen LogP contribution >= 0.6 is 0 Å². The third kappa shape index (κ3) is 5.59. The Hall–Kier alpha value is -4.30. The maximum atomic E-state index is 12.6. The maximum Gasteiger partial charge on any atom is 0.419 e. The molecule has 1 aliphatic rings. The van der Waals surface area contributed by atoms with Crippen molar-refractivity contribution in [3.63, 3.8) is 0 Å². The molecule has 0 bridgehead atoms. The number of hydrogen-bond donors (Lipinski definition) is 1. The molecule has 0 radical (unpaired) electrons. The molecule has 1 fully saturated rings. The van der Waals surface area contributed by atoms with Gasteiger partial charge >= 0.3 is 11.7 Å². The number of likely N-dealkylation sites (tertiary alicyclic amines) is 1. The molecular formula is C34H37N3O5. The molecule has 2 aromatic heterocycles. The second kappa shape index (κ2) is 11.9. The van der Waals surface area contributed by atoms with Gasteiger partial charge in [-0.15, -0.1) is 0 Å². The van der Waals surface area contributed by atoms with Gasteiger partial charge in [0.15, 0.2) is 5.58 Å². The predicted octanol–water partition coefficient (Wildman–Crippen LogP) is 6.47. The zero-order valence-corrected chi connectivity index (χ0v) is 24.2.